The number of nitrogens with zero attached hydrogens (tertiary/aromatic N) is 2. The third-order valence-corrected chi connectivity index (χ3v) is 0.316. The second-order valence-electron chi connectivity index (χ2n) is 1.22. The SMILES string of the molecule is CN(C)[B]C#N. The van der Waals surface area contributed by atoms with E-state index in [0.717, 1.165) is 0 Å². The number of rotatable bonds is 1. The van der Waals surface area contributed by atoms with Crippen molar-refractivity contribution in [3.8, 4) is 5.97 Å². The topological polar surface area (TPSA) is 27.0 Å². The van der Waals surface area contributed by atoms with Crippen molar-refractivity contribution < 1.29 is 0 Å². The highest BCUT2D eigenvalue weighted by atomic mass is 15.0. The monoisotopic (exact) mass is 81.1 g/mol. The maximum atomic E-state index is 7.89. The highest BCUT2D eigenvalue weighted by molar-refractivity contribution is 6.41. The second-order valence-corrected chi connectivity index (χ2v) is 1.22. The Morgan fingerprint density at radius 3 is 2.17 bits per heavy atom. The molecule has 0 aromatic heterocycles. The lowest BCUT2D eigenvalue weighted by Gasteiger charge is -1.95. The molecule has 0 fully saturated rings. The summed E-state index contributed by atoms with van der Waals surface area (Å²) in [7, 11) is 5.05. The molecule has 3 heteroatoms. The molecule has 0 heterocycles. The standard InChI is InChI=1S/C3H6BN2/c1-6(2)4-3-5/h1-2H3. The summed E-state index contributed by atoms with van der Waals surface area (Å²) in [5.74, 6) is 1.87. The molecule has 1 radical (unpaired) electrons. The largest absolute Gasteiger partial charge is 0.350 e. The molecule has 0 aromatic carbocycles. The van der Waals surface area contributed by atoms with Crippen LogP contribution in [0.15, 0.2) is 0 Å². The molecule has 0 rings (SSSR count). The molecule has 0 unspecified atom stereocenters. The van der Waals surface area contributed by atoms with Gasteiger partial charge in [0.05, 0.1) is 0 Å². The Labute approximate surface area is 38.6 Å². The first-order valence-electron chi connectivity index (χ1n) is 1.66. The van der Waals surface area contributed by atoms with Crippen LogP contribution in [0.25, 0.3) is 0 Å². The Balaban J connectivity index is 2.88. The van der Waals surface area contributed by atoms with Crippen LogP contribution in [0.4, 0.5) is 0 Å². The van der Waals surface area contributed by atoms with Crippen LogP contribution < -0.4 is 0 Å². The summed E-state index contributed by atoms with van der Waals surface area (Å²) in [6.07, 6.45) is 0. The van der Waals surface area contributed by atoms with Gasteiger partial charge in [0, 0.05) is 5.97 Å². The summed E-state index contributed by atoms with van der Waals surface area (Å²) in [4.78, 5) is 1.69. The van der Waals surface area contributed by atoms with Crippen LogP contribution in [-0.4, -0.2) is 26.3 Å². The van der Waals surface area contributed by atoms with Gasteiger partial charge in [-0.3, -0.25) is 0 Å². The molecule has 0 saturated carbocycles. The predicted molar refractivity (Wildman–Crippen MR) is 25.1 cm³/mol. The minimum Gasteiger partial charge on any atom is -0.338 e. The average Bonchev–Trinajstić information content (AvgIpc) is 1.35. The highest BCUT2D eigenvalue weighted by Gasteiger charge is 1.85. The van der Waals surface area contributed by atoms with Crippen molar-refractivity contribution in [3.63, 3.8) is 0 Å². The van der Waals surface area contributed by atoms with Gasteiger partial charge in [-0.1, -0.05) is 0 Å². The van der Waals surface area contributed by atoms with E-state index < -0.39 is 0 Å². The van der Waals surface area contributed by atoms with Gasteiger partial charge in [0.15, 0.2) is 0 Å². The number of hydrogen-bond donors (Lipinski definition) is 0. The van der Waals surface area contributed by atoms with Crippen LogP contribution in [0.5, 0.6) is 0 Å². The molecule has 0 bridgehead atoms. The van der Waals surface area contributed by atoms with Crippen molar-refractivity contribution in [2.24, 2.45) is 0 Å². The van der Waals surface area contributed by atoms with Gasteiger partial charge < -0.3 is 4.81 Å². The van der Waals surface area contributed by atoms with Crippen LogP contribution in [0.2, 0.25) is 0 Å². The summed E-state index contributed by atoms with van der Waals surface area (Å²) in [6.45, 7) is 0. The molecule has 0 aromatic rings. The van der Waals surface area contributed by atoms with E-state index in [9.17, 15) is 0 Å². The molecule has 0 aliphatic rings. The van der Waals surface area contributed by atoms with Gasteiger partial charge >= 0.3 is 7.41 Å². The maximum Gasteiger partial charge on any atom is 0.350 e. The van der Waals surface area contributed by atoms with Gasteiger partial charge in [-0.05, 0) is 14.1 Å². The summed E-state index contributed by atoms with van der Waals surface area (Å²) >= 11 is 0. The van der Waals surface area contributed by atoms with E-state index in [1.165, 1.54) is 7.41 Å². The molecule has 0 saturated heterocycles. The summed E-state index contributed by atoms with van der Waals surface area (Å²) in [5, 5.41) is 7.89. The minimum absolute atomic E-state index is 1.43. The van der Waals surface area contributed by atoms with Crippen molar-refractivity contribution in [2.75, 3.05) is 14.1 Å². The van der Waals surface area contributed by atoms with E-state index in [4.69, 9.17) is 5.26 Å². The molecular formula is C3H6BN2. The zero-order chi connectivity index (χ0) is 4.99. The van der Waals surface area contributed by atoms with Gasteiger partial charge in [-0.15, -0.1) is 0 Å². The first kappa shape index (κ1) is 5.51. The zero-order valence-electron chi connectivity index (χ0n) is 3.97. The number of nitriles is 1. The van der Waals surface area contributed by atoms with Crippen LogP contribution >= 0.6 is 0 Å². The normalized spacial score (nSPS) is 7.67. The lowest BCUT2D eigenvalue weighted by atomic mass is 9.97. The minimum atomic E-state index is 1.43. The Morgan fingerprint density at radius 1 is 1.67 bits per heavy atom. The van der Waals surface area contributed by atoms with Crippen molar-refractivity contribution in [1.82, 2.24) is 4.81 Å². The molecule has 6 heavy (non-hydrogen) atoms. The number of hydrogen-bond acceptors (Lipinski definition) is 2. The van der Waals surface area contributed by atoms with Crippen LogP contribution in [0, 0.1) is 11.2 Å². The van der Waals surface area contributed by atoms with Crippen LogP contribution in [-0.2, 0) is 0 Å². The van der Waals surface area contributed by atoms with Crippen molar-refractivity contribution in [2.45, 2.75) is 0 Å². The van der Waals surface area contributed by atoms with Gasteiger partial charge in [-0.2, -0.15) is 0 Å². The molecule has 0 N–H and O–H groups in total. The summed E-state index contributed by atoms with van der Waals surface area (Å²) in [5.41, 5.74) is 0. The van der Waals surface area contributed by atoms with E-state index in [-0.39, 0.29) is 0 Å². The first-order valence-corrected chi connectivity index (χ1v) is 1.66. The van der Waals surface area contributed by atoms with E-state index >= 15 is 0 Å². The van der Waals surface area contributed by atoms with E-state index in [2.05, 4.69) is 0 Å². The maximum absolute atomic E-state index is 7.89. The Bertz CT molecular complexity index is 63.7. The molecule has 0 atom stereocenters. The fourth-order valence-electron chi connectivity index (χ4n) is 0.115. The van der Waals surface area contributed by atoms with Crippen molar-refractivity contribution in [1.29, 1.82) is 5.26 Å². The van der Waals surface area contributed by atoms with Crippen molar-refractivity contribution >= 4 is 7.41 Å². The molecule has 31 valence electrons. The molecule has 0 spiro atoms. The highest BCUT2D eigenvalue weighted by Crippen LogP contribution is 1.60. The van der Waals surface area contributed by atoms with Gasteiger partial charge in [0.25, 0.3) is 0 Å². The first-order chi connectivity index (χ1) is 2.77. The van der Waals surface area contributed by atoms with Crippen LogP contribution in [0.3, 0.4) is 0 Å². The molecular weight excluding hydrogens is 74.9 g/mol. The third kappa shape index (κ3) is 3.51. The summed E-state index contributed by atoms with van der Waals surface area (Å²) in [6, 6.07) is 0. The van der Waals surface area contributed by atoms with E-state index in [1.807, 2.05) is 20.1 Å². The average molecular weight is 80.9 g/mol. The smallest absolute Gasteiger partial charge is 0.338 e. The third-order valence-electron chi connectivity index (χ3n) is 0.316. The fourth-order valence-corrected chi connectivity index (χ4v) is 0.115. The molecule has 2 nitrogen and oxygen atoms in total. The molecule has 0 aliphatic heterocycles. The lowest BCUT2D eigenvalue weighted by Crippen LogP contribution is -2.14. The molecule has 0 aliphatic carbocycles. The van der Waals surface area contributed by atoms with Gasteiger partial charge in [0.2, 0.25) is 0 Å². The zero-order valence-corrected chi connectivity index (χ0v) is 3.97. The Morgan fingerprint density at radius 2 is 2.17 bits per heavy atom. The van der Waals surface area contributed by atoms with Gasteiger partial charge in [-0.25, -0.2) is 5.26 Å². The summed E-state index contributed by atoms with van der Waals surface area (Å²) < 4.78 is 0. The van der Waals surface area contributed by atoms with Crippen LogP contribution in [0.1, 0.15) is 0 Å². The quantitative estimate of drug-likeness (QED) is 0.403. The van der Waals surface area contributed by atoms with E-state index in [1.54, 1.807) is 4.81 Å². The lowest BCUT2D eigenvalue weighted by molar-refractivity contribution is 0.669. The Kier molecular flexibility index (Phi) is 2.52. The Hall–Kier alpha value is -0.485. The van der Waals surface area contributed by atoms with Gasteiger partial charge in [0.1, 0.15) is 0 Å². The fraction of sp³-hybridized carbons (Fsp3) is 0.667. The molecule has 0 amide bonds. The van der Waals surface area contributed by atoms with Crippen molar-refractivity contribution in [3.05, 3.63) is 0 Å². The predicted octanol–water partition coefficient (Wildman–Crippen LogP) is -0.352. The van der Waals surface area contributed by atoms with E-state index in [0.29, 0.717) is 0 Å². The second kappa shape index (κ2) is 2.74.